The van der Waals surface area contributed by atoms with Gasteiger partial charge < -0.3 is 0 Å². The Morgan fingerprint density at radius 2 is 1.89 bits per heavy atom. The number of benzene rings is 1. The Morgan fingerprint density at radius 1 is 1.26 bits per heavy atom. The van der Waals surface area contributed by atoms with Gasteiger partial charge in [-0.3, -0.25) is 16.0 Å². The van der Waals surface area contributed by atoms with E-state index in [0.29, 0.717) is 0 Å². The zero-order valence-electron chi connectivity index (χ0n) is 12.1. The summed E-state index contributed by atoms with van der Waals surface area (Å²) in [6, 6.07) is 6.52. The van der Waals surface area contributed by atoms with Gasteiger partial charge in [0.2, 0.25) is 0 Å². The molecule has 0 aliphatic carbocycles. The summed E-state index contributed by atoms with van der Waals surface area (Å²) < 4.78 is 1.82. The summed E-state index contributed by atoms with van der Waals surface area (Å²) in [5, 5.41) is 4.42. The SMILES string of the molecule is Cc1cc(C)c(C(Cc2ccn(C)n2)NN)c(C)c1. The third-order valence-electron chi connectivity index (χ3n) is 3.47. The van der Waals surface area contributed by atoms with Gasteiger partial charge in [0.05, 0.1) is 11.7 Å². The van der Waals surface area contributed by atoms with Crippen LogP contribution in [0, 0.1) is 20.8 Å². The van der Waals surface area contributed by atoms with Gasteiger partial charge in [-0.15, -0.1) is 0 Å². The van der Waals surface area contributed by atoms with Crippen LogP contribution in [-0.4, -0.2) is 9.78 Å². The molecule has 0 radical (unpaired) electrons. The predicted octanol–water partition coefficient (Wildman–Crippen LogP) is 2.09. The molecule has 0 spiro atoms. The molecule has 102 valence electrons. The summed E-state index contributed by atoms with van der Waals surface area (Å²) in [6.45, 7) is 6.39. The smallest absolute Gasteiger partial charge is 0.0643 e. The first-order valence-electron chi connectivity index (χ1n) is 6.53. The average Bonchev–Trinajstić information content (AvgIpc) is 2.72. The Balaban J connectivity index is 2.32. The van der Waals surface area contributed by atoms with E-state index in [1.165, 1.54) is 22.3 Å². The van der Waals surface area contributed by atoms with Crippen LogP contribution < -0.4 is 11.3 Å². The number of hydrogen-bond donors (Lipinski definition) is 2. The van der Waals surface area contributed by atoms with Gasteiger partial charge in [0.1, 0.15) is 0 Å². The van der Waals surface area contributed by atoms with Gasteiger partial charge in [-0.2, -0.15) is 5.10 Å². The summed E-state index contributed by atoms with van der Waals surface area (Å²) >= 11 is 0. The predicted molar refractivity (Wildman–Crippen MR) is 77.6 cm³/mol. The molecule has 0 amide bonds. The maximum absolute atomic E-state index is 5.75. The summed E-state index contributed by atoms with van der Waals surface area (Å²) in [7, 11) is 1.93. The monoisotopic (exact) mass is 258 g/mol. The number of nitrogens with one attached hydrogen (secondary N) is 1. The first-order valence-corrected chi connectivity index (χ1v) is 6.53. The van der Waals surface area contributed by atoms with Crippen LogP contribution >= 0.6 is 0 Å². The molecule has 0 aliphatic heterocycles. The van der Waals surface area contributed by atoms with E-state index in [0.717, 1.165) is 12.1 Å². The third-order valence-corrected chi connectivity index (χ3v) is 3.47. The normalized spacial score (nSPS) is 12.7. The van der Waals surface area contributed by atoms with Gasteiger partial charge in [-0.05, 0) is 43.5 Å². The number of rotatable bonds is 4. The summed E-state index contributed by atoms with van der Waals surface area (Å²) in [4.78, 5) is 0. The van der Waals surface area contributed by atoms with E-state index < -0.39 is 0 Å². The van der Waals surface area contributed by atoms with E-state index in [2.05, 4.69) is 43.4 Å². The average molecular weight is 258 g/mol. The molecule has 0 bridgehead atoms. The fraction of sp³-hybridized carbons (Fsp3) is 0.400. The summed E-state index contributed by atoms with van der Waals surface area (Å²) in [6.07, 6.45) is 2.75. The Morgan fingerprint density at radius 3 is 2.37 bits per heavy atom. The Bertz CT molecular complexity index is 548. The lowest BCUT2D eigenvalue weighted by Crippen LogP contribution is -2.31. The number of hydrogen-bond acceptors (Lipinski definition) is 3. The lowest BCUT2D eigenvalue weighted by atomic mass is 9.92. The number of hydrazine groups is 1. The Labute approximate surface area is 114 Å². The first-order chi connectivity index (χ1) is 9.01. The number of nitrogens with zero attached hydrogens (tertiary/aromatic N) is 2. The van der Waals surface area contributed by atoms with Gasteiger partial charge in [0.25, 0.3) is 0 Å². The second kappa shape index (κ2) is 5.55. The molecule has 4 nitrogen and oxygen atoms in total. The molecule has 3 N–H and O–H groups in total. The van der Waals surface area contributed by atoms with Crippen molar-refractivity contribution in [3.63, 3.8) is 0 Å². The minimum absolute atomic E-state index is 0.0931. The van der Waals surface area contributed by atoms with Crippen LogP contribution in [0.25, 0.3) is 0 Å². The molecule has 2 aromatic rings. The standard InChI is InChI=1S/C15H22N4/c1-10-7-11(2)15(12(3)8-10)14(17-16)9-13-5-6-19(4)18-13/h5-8,14,17H,9,16H2,1-4H3. The molecular formula is C15H22N4. The van der Waals surface area contributed by atoms with Crippen LogP contribution in [0.5, 0.6) is 0 Å². The minimum Gasteiger partial charge on any atom is -0.276 e. The van der Waals surface area contributed by atoms with Gasteiger partial charge in [-0.25, -0.2) is 0 Å². The van der Waals surface area contributed by atoms with Crippen molar-refractivity contribution >= 4 is 0 Å². The van der Waals surface area contributed by atoms with Gasteiger partial charge >= 0.3 is 0 Å². The van der Waals surface area contributed by atoms with Crippen LogP contribution in [0.1, 0.15) is 34.0 Å². The quantitative estimate of drug-likeness (QED) is 0.652. The van der Waals surface area contributed by atoms with Crippen molar-refractivity contribution in [2.75, 3.05) is 0 Å². The second-order valence-corrected chi connectivity index (χ2v) is 5.22. The third kappa shape index (κ3) is 3.03. The molecule has 19 heavy (non-hydrogen) atoms. The Kier molecular flexibility index (Phi) is 4.02. The van der Waals surface area contributed by atoms with Crippen LogP contribution in [0.3, 0.4) is 0 Å². The van der Waals surface area contributed by atoms with E-state index in [-0.39, 0.29) is 6.04 Å². The molecule has 1 aromatic heterocycles. The van der Waals surface area contributed by atoms with Crippen LogP contribution in [-0.2, 0) is 13.5 Å². The largest absolute Gasteiger partial charge is 0.276 e. The molecule has 0 saturated heterocycles. The van der Waals surface area contributed by atoms with Crippen molar-refractivity contribution in [3.05, 3.63) is 52.3 Å². The van der Waals surface area contributed by atoms with Crippen molar-refractivity contribution in [3.8, 4) is 0 Å². The van der Waals surface area contributed by atoms with Crippen LogP contribution in [0.2, 0.25) is 0 Å². The highest BCUT2D eigenvalue weighted by Crippen LogP contribution is 2.25. The summed E-state index contributed by atoms with van der Waals surface area (Å²) in [5.74, 6) is 5.75. The lowest BCUT2D eigenvalue weighted by molar-refractivity contribution is 0.536. The topological polar surface area (TPSA) is 55.9 Å². The fourth-order valence-corrected chi connectivity index (χ4v) is 2.77. The molecule has 1 aromatic carbocycles. The van der Waals surface area contributed by atoms with Gasteiger partial charge in [0, 0.05) is 19.7 Å². The second-order valence-electron chi connectivity index (χ2n) is 5.22. The maximum atomic E-state index is 5.75. The molecule has 1 heterocycles. The van der Waals surface area contributed by atoms with E-state index in [4.69, 9.17) is 5.84 Å². The molecule has 0 fully saturated rings. The molecule has 1 atom stereocenters. The first kappa shape index (κ1) is 13.8. The van der Waals surface area contributed by atoms with Crippen molar-refractivity contribution in [2.45, 2.75) is 33.2 Å². The van der Waals surface area contributed by atoms with Crippen LogP contribution in [0.4, 0.5) is 0 Å². The van der Waals surface area contributed by atoms with Crippen molar-refractivity contribution < 1.29 is 0 Å². The van der Waals surface area contributed by atoms with E-state index in [1.807, 2.05) is 24.0 Å². The number of aromatic nitrogens is 2. The highest BCUT2D eigenvalue weighted by molar-refractivity contribution is 5.40. The summed E-state index contributed by atoms with van der Waals surface area (Å²) in [5.41, 5.74) is 9.08. The van der Waals surface area contributed by atoms with Crippen molar-refractivity contribution in [1.29, 1.82) is 0 Å². The van der Waals surface area contributed by atoms with Gasteiger partial charge in [0.15, 0.2) is 0 Å². The van der Waals surface area contributed by atoms with E-state index >= 15 is 0 Å². The lowest BCUT2D eigenvalue weighted by Gasteiger charge is -2.20. The highest BCUT2D eigenvalue weighted by atomic mass is 15.3. The maximum Gasteiger partial charge on any atom is 0.0643 e. The zero-order chi connectivity index (χ0) is 14.0. The molecular weight excluding hydrogens is 236 g/mol. The molecule has 1 unspecified atom stereocenters. The zero-order valence-corrected chi connectivity index (χ0v) is 12.1. The highest BCUT2D eigenvalue weighted by Gasteiger charge is 2.17. The van der Waals surface area contributed by atoms with Gasteiger partial charge in [-0.1, -0.05) is 17.7 Å². The number of nitrogens with two attached hydrogens (primary N) is 1. The van der Waals surface area contributed by atoms with Crippen molar-refractivity contribution in [2.24, 2.45) is 12.9 Å². The Hall–Kier alpha value is -1.65. The fourth-order valence-electron chi connectivity index (χ4n) is 2.77. The number of aryl methyl sites for hydroxylation is 4. The minimum atomic E-state index is 0.0931. The molecule has 2 rings (SSSR count). The van der Waals surface area contributed by atoms with Crippen molar-refractivity contribution in [1.82, 2.24) is 15.2 Å². The molecule has 0 saturated carbocycles. The van der Waals surface area contributed by atoms with E-state index in [1.54, 1.807) is 0 Å². The van der Waals surface area contributed by atoms with E-state index in [9.17, 15) is 0 Å². The molecule has 4 heteroatoms. The van der Waals surface area contributed by atoms with Crippen LogP contribution in [0.15, 0.2) is 24.4 Å². The molecule has 0 aliphatic rings.